The number of carbonyl (C=O) groups is 1. The molecule has 0 saturated carbocycles. The first kappa shape index (κ1) is 23.5. The van der Waals surface area contributed by atoms with Crippen LogP contribution in [-0.4, -0.2) is 40.5 Å². The summed E-state index contributed by atoms with van der Waals surface area (Å²) < 4.78 is 24.0. The molecule has 0 fully saturated rings. The minimum Gasteiger partial charge on any atom is -0.490 e. The highest BCUT2D eigenvalue weighted by molar-refractivity contribution is 5.95. The Hall–Kier alpha value is -4.27. The van der Waals surface area contributed by atoms with Crippen molar-refractivity contribution in [1.29, 1.82) is 0 Å². The minimum atomic E-state index is -0.228. The van der Waals surface area contributed by atoms with Gasteiger partial charge in [-0.2, -0.15) is 5.10 Å². The van der Waals surface area contributed by atoms with Crippen LogP contribution in [0.3, 0.4) is 0 Å². The molecule has 2 aromatic heterocycles. The lowest BCUT2D eigenvalue weighted by Crippen LogP contribution is -2.24. The molecule has 36 heavy (non-hydrogen) atoms. The molecule has 1 aliphatic rings. The van der Waals surface area contributed by atoms with Crippen LogP contribution in [0.1, 0.15) is 41.2 Å². The van der Waals surface area contributed by atoms with E-state index < -0.39 is 0 Å². The van der Waals surface area contributed by atoms with E-state index in [0.29, 0.717) is 59.7 Å². The highest BCUT2D eigenvalue weighted by atomic mass is 16.7. The molecule has 0 bridgehead atoms. The van der Waals surface area contributed by atoms with Crippen LogP contribution in [0.25, 0.3) is 16.8 Å². The molecular weight excluding hydrogens is 460 g/mol. The molecule has 5 rings (SSSR count). The SMILES string of the molecule is CCOc1ccc(-c2c(C)nn3c(C)c(C(=O)NCc4ccc5c(c4)OCO5)cnc23)cc1OCC. The first-order valence-corrected chi connectivity index (χ1v) is 11.9. The van der Waals surface area contributed by atoms with Gasteiger partial charge in [-0.3, -0.25) is 4.79 Å². The van der Waals surface area contributed by atoms with E-state index in [-0.39, 0.29) is 12.7 Å². The van der Waals surface area contributed by atoms with Gasteiger partial charge in [0, 0.05) is 18.3 Å². The van der Waals surface area contributed by atoms with Gasteiger partial charge < -0.3 is 24.3 Å². The first-order chi connectivity index (χ1) is 17.5. The Morgan fingerprint density at radius 1 is 1.03 bits per heavy atom. The Morgan fingerprint density at radius 2 is 1.81 bits per heavy atom. The number of nitrogens with zero attached hydrogens (tertiary/aromatic N) is 3. The summed E-state index contributed by atoms with van der Waals surface area (Å²) >= 11 is 0. The van der Waals surface area contributed by atoms with Crippen LogP contribution >= 0.6 is 0 Å². The quantitative estimate of drug-likeness (QED) is 0.391. The zero-order valence-corrected chi connectivity index (χ0v) is 20.8. The molecule has 9 heteroatoms. The van der Waals surface area contributed by atoms with Crippen molar-refractivity contribution < 1.29 is 23.7 Å². The summed E-state index contributed by atoms with van der Waals surface area (Å²) in [5.74, 6) is 2.53. The van der Waals surface area contributed by atoms with E-state index in [1.165, 1.54) is 0 Å². The van der Waals surface area contributed by atoms with Gasteiger partial charge in [-0.05, 0) is 63.1 Å². The number of hydrogen-bond acceptors (Lipinski definition) is 7. The van der Waals surface area contributed by atoms with E-state index in [2.05, 4.69) is 10.3 Å². The van der Waals surface area contributed by atoms with Gasteiger partial charge >= 0.3 is 0 Å². The molecule has 0 spiro atoms. The zero-order valence-electron chi connectivity index (χ0n) is 20.8. The average molecular weight is 489 g/mol. The largest absolute Gasteiger partial charge is 0.490 e. The molecule has 1 amide bonds. The minimum absolute atomic E-state index is 0.213. The number of aromatic nitrogens is 3. The lowest BCUT2D eigenvalue weighted by molar-refractivity contribution is 0.0949. The summed E-state index contributed by atoms with van der Waals surface area (Å²) in [7, 11) is 0. The summed E-state index contributed by atoms with van der Waals surface area (Å²) in [5.41, 5.74) is 5.35. The van der Waals surface area contributed by atoms with Crippen LogP contribution in [0.15, 0.2) is 42.6 Å². The van der Waals surface area contributed by atoms with E-state index in [4.69, 9.17) is 24.0 Å². The van der Waals surface area contributed by atoms with Gasteiger partial charge in [0.15, 0.2) is 28.6 Å². The van der Waals surface area contributed by atoms with E-state index >= 15 is 0 Å². The molecule has 9 nitrogen and oxygen atoms in total. The molecule has 1 aliphatic heterocycles. The number of carbonyl (C=O) groups excluding carboxylic acids is 1. The van der Waals surface area contributed by atoms with Crippen LogP contribution in [-0.2, 0) is 6.54 Å². The highest BCUT2D eigenvalue weighted by Crippen LogP contribution is 2.36. The predicted molar refractivity (Wildman–Crippen MR) is 134 cm³/mol. The van der Waals surface area contributed by atoms with Gasteiger partial charge in [0.1, 0.15) is 0 Å². The maximum Gasteiger partial charge on any atom is 0.254 e. The Kier molecular flexibility index (Phi) is 6.37. The highest BCUT2D eigenvalue weighted by Gasteiger charge is 2.20. The molecule has 4 aromatic rings. The number of ether oxygens (including phenoxy) is 4. The maximum atomic E-state index is 13.0. The van der Waals surface area contributed by atoms with Crippen LogP contribution < -0.4 is 24.3 Å². The molecule has 0 radical (unpaired) electrons. The number of aryl methyl sites for hydroxylation is 2. The predicted octanol–water partition coefficient (Wildman–Crippen LogP) is 4.47. The van der Waals surface area contributed by atoms with Gasteiger partial charge in [0.2, 0.25) is 6.79 Å². The topological polar surface area (TPSA) is 96.2 Å². The van der Waals surface area contributed by atoms with E-state index in [9.17, 15) is 4.79 Å². The lowest BCUT2D eigenvalue weighted by Gasteiger charge is -2.12. The average Bonchev–Trinajstić information content (AvgIpc) is 3.48. The summed E-state index contributed by atoms with van der Waals surface area (Å²) in [6, 6.07) is 11.4. The molecule has 0 unspecified atom stereocenters. The Labute approximate surface area is 209 Å². The van der Waals surface area contributed by atoms with Crippen molar-refractivity contribution in [2.24, 2.45) is 0 Å². The van der Waals surface area contributed by atoms with Crippen LogP contribution in [0.5, 0.6) is 23.0 Å². The maximum absolute atomic E-state index is 13.0. The van der Waals surface area contributed by atoms with E-state index in [0.717, 1.165) is 22.4 Å². The third-order valence-corrected chi connectivity index (χ3v) is 6.03. The van der Waals surface area contributed by atoms with Gasteiger partial charge in [-0.1, -0.05) is 12.1 Å². The number of nitrogens with one attached hydrogen (secondary N) is 1. The molecule has 0 atom stereocenters. The normalized spacial score (nSPS) is 12.1. The molecular formula is C27H28N4O5. The van der Waals surface area contributed by atoms with Crippen molar-refractivity contribution >= 4 is 11.6 Å². The van der Waals surface area contributed by atoms with Gasteiger partial charge in [0.25, 0.3) is 5.91 Å². The fourth-order valence-electron chi connectivity index (χ4n) is 4.30. The fraction of sp³-hybridized carbons (Fsp3) is 0.296. The van der Waals surface area contributed by atoms with Crippen molar-refractivity contribution in [2.45, 2.75) is 34.2 Å². The third-order valence-electron chi connectivity index (χ3n) is 6.03. The van der Waals surface area contributed by atoms with Crippen LogP contribution in [0, 0.1) is 13.8 Å². The monoisotopic (exact) mass is 488 g/mol. The zero-order chi connectivity index (χ0) is 25.2. The Balaban J connectivity index is 1.42. The standard InChI is InChI=1S/C27H28N4O5/c1-5-33-21-10-8-19(12-24(21)34-6-2)25-16(3)30-31-17(4)20(14-28-26(25)31)27(32)29-13-18-7-9-22-23(11-18)36-15-35-22/h7-12,14H,5-6,13,15H2,1-4H3,(H,29,32). The van der Waals surface area contributed by atoms with E-state index in [1.54, 1.807) is 10.7 Å². The van der Waals surface area contributed by atoms with Crippen LogP contribution in [0.4, 0.5) is 0 Å². The number of fused-ring (bicyclic) bond motifs is 2. The van der Waals surface area contributed by atoms with Gasteiger partial charge in [-0.25, -0.2) is 9.50 Å². The molecule has 0 aliphatic carbocycles. The fourth-order valence-corrected chi connectivity index (χ4v) is 4.30. The summed E-state index contributed by atoms with van der Waals surface area (Å²) in [6.45, 7) is 9.31. The van der Waals surface area contributed by atoms with Crippen molar-refractivity contribution in [3.05, 3.63) is 65.1 Å². The number of hydrogen-bond donors (Lipinski definition) is 1. The van der Waals surface area contributed by atoms with Gasteiger partial charge in [-0.15, -0.1) is 0 Å². The number of amides is 1. The smallest absolute Gasteiger partial charge is 0.254 e. The second-order valence-corrected chi connectivity index (χ2v) is 8.35. The van der Waals surface area contributed by atoms with Crippen molar-refractivity contribution in [3.63, 3.8) is 0 Å². The second kappa shape index (κ2) is 9.77. The first-order valence-electron chi connectivity index (χ1n) is 11.9. The number of rotatable bonds is 8. The second-order valence-electron chi connectivity index (χ2n) is 8.35. The van der Waals surface area contributed by atoms with Gasteiger partial charge in [0.05, 0.1) is 30.2 Å². The molecule has 2 aromatic carbocycles. The number of benzene rings is 2. The summed E-state index contributed by atoms with van der Waals surface area (Å²) in [6.07, 6.45) is 1.60. The van der Waals surface area contributed by atoms with Crippen molar-refractivity contribution in [2.75, 3.05) is 20.0 Å². The van der Waals surface area contributed by atoms with Crippen molar-refractivity contribution in [3.8, 4) is 34.1 Å². The molecule has 0 saturated heterocycles. The molecule has 1 N–H and O–H groups in total. The van der Waals surface area contributed by atoms with Crippen molar-refractivity contribution in [1.82, 2.24) is 19.9 Å². The Bertz CT molecular complexity index is 1450. The third kappa shape index (κ3) is 4.28. The summed E-state index contributed by atoms with van der Waals surface area (Å²) in [4.78, 5) is 17.6. The Morgan fingerprint density at radius 3 is 2.61 bits per heavy atom. The van der Waals surface area contributed by atoms with E-state index in [1.807, 2.05) is 64.1 Å². The summed E-state index contributed by atoms with van der Waals surface area (Å²) in [5, 5.41) is 7.65. The van der Waals surface area contributed by atoms with Crippen LogP contribution in [0.2, 0.25) is 0 Å². The molecule has 186 valence electrons. The lowest BCUT2D eigenvalue weighted by atomic mass is 10.1. The molecule has 3 heterocycles.